The number of carbonyl (C=O) groups excluding carboxylic acids is 1. The van der Waals surface area contributed by atoms with Gasteiger partial charge in [-0.15, -0.1) is 0 Å². The maximum absolute atomic E-state index is 11.3. The zero-order valence-corrected chi connectivity index (χ0v) is 10.6. The van der Waals surface area contributed by atoms with Gasteiger partial charge in [0.05, 0.1) is 12.7 Å². The summed E-state index contributed by atoms with van der Waals surface area (Å²) in [6, 6.07) is 7.34. The quantitative estimate of drug-likeness (QED) is 0.887. The van der Waals surface area contributed by atoms with Crippen molar-refractivity contribution in [1.82, 2.24) is 0 Å². The van der Waals surface area contributed by atoms with Gasteiger partial charge in [0.1, 0.15) is 11.9 Å². The van der Waals surface area contributed by atoms with Gasteiger partial charge in [-0.25, -0.2) is 0 Å². The minimum atomic E-state index is -0.713. The third kappa shape index (κ3) is 2.04. The zero-order chi connectivity index (χ0) is 13.4. The number of hydrogen-bond donors (Lipinski definition) is 2. The first-order valence-electron chi connectivity index (χ1n) is 6.36. The van der Waals surface area contributed by atoms with Crippen molar-refractivity contribution >= 4 is 11.6 Å². The Bertz CT molecular complexity index is 630. The topological polar surface area (TPSA) is 62.5 Å². The molecule has 0 fully saturated rings. The van der Waals surface area contributed by atoms with E-state index in [9.17, 15) is 9.90 Å². The highest BCUT2D eigenvalue weighted by Crippen LogP contribution is 2.31. The van der Waals surface area contributed by atoms with Gasteiger partial charge in [0.2, 0.25) is 5.91 Å². The number of fused-ring (bicyclic) bond motifs is 1. The summed E-state index contributed by atoms with van der Waals surface area (Å²) in [7, 11) is 0. The van der Waals surface area contributed by atoms with Crippen molar-refractivity contribution in [2.24, 2.45) is 0 Å². The Balaban J connectivity index is 1.95. The Kier molecular flexibility index (Phi) is 2.87. The molecule has 0 spiro atoms. The Morgan fingerprint density at radius 2 is 2.26 bits per heavy atom. The molecule has 4 heteroatoms. The molecule has 0 bridgehead atoms. The molecule has 1 unspecified atom stereocenters. The molecule has 0 aliphatic carbocycles. The summed E-state index contributed by atoms with van der Waals surface area (Å²) in [5.74, 6) is 0.793. The lowest BCUT2D eigenvalue weighted by Gasteiger charge is -2.12. The number of anilines is 1. The van der Waals surface area contributed by atoms with Crippen LogP contribution in [0.1, 0.15) is 35.5 Å². The highest BCUT2D eigenvalue weighted by atomic mass is 16.3. The summed E-state index contributed by atoms with van der Waals surface area (Å²) in [4.78, 5) is 11.3. The van der Waals surface area contributed by atoms with E-state index in [2.05, 4.69) is 5.32 Å². The zero-order valence-electron chi connectivity index (χ0n) is 10.6. The second-order valence-electron chi connectivity index (χ2n) is 4.70. The van der Waals surface area contributed by atoms with Crippen molar-refractivity contribution in [2.75, 3.05) is 5.32 Å². The predicted molar refractivity (Wildman–Crippen MR) is 70.9 cm³/mol. The second-order valence-corrected chi connectivity index (χ2v) is 4.70. The fourth-order valence-corrected chi connectivity index (χ4v) is 2.48. The molecule has 2 aromatic rings. The van der Waals surface area contributed by atoms with Crippen molar-refractivity contribution in [3.05, 3.63) is 53.0 Å². The molecule has 0 saturated carbocycles. The number of benzene rings is 1. The molecule has 2 N–H and O–H groups in total. The fourth-order valence-electron chi connectivity index (χ4n) is 2.48. The fraction of sp³-hybridized carbons (Fsp3) is 0.267. The van der Waals surface area contributed by atoms with Crippen LogP contribution in [0.25, 0.3) is 0 Å². The summed E-state index contributed by atoms with van der Waals surface area (Å²) < 4.78 is 5.34. The van der Waals surface area contributed by atoms with Gasteiger partial charge in [0.25, 0.3) is 0 Å². The van der Waals surface area contributed by atoms with Gasteiger partial charge in [-0.3, -0.25) is 4.79 Å². The van der Waals surface area contributed by atoms with Crippen molar-refractivity contribution in [3.63, 3.8) is 0 Å². The first-order chi connectivity index (χ1) is 9.19. The van der Waals surface area contributed by atoms with Crippen LogP contribution < -0.4 is 5.32 Å². The molecule has 1 aromatic heterocycles. The van der Waals surface area contributed by atoms with E-state index < -0.39 is 6.10 Å². The molecule has 3 rings (SSSR count). The summed E-state index contributed by atoms with van der Waals surface area (Å²) in [6.07, 6.45) is 2.00. The number of aliphatic hydroxyl groups is 1. The summed E-state index contributed by atoms with van der Waals surface area (Å²) >= 11 is 0. The van der Waals surface area contributed by atoms with E-state index in [1.54, 1.807) is 12.3 Å². The molecule has 0 saturated heterocycles. The van der Waals surface area contributed by atoms with E-state index in [4.69, 9.17) is 4.42 Å². The molecule has 1 aliphatic heterocycles. The van der Waals surface area contributed by atoms with Gasteiger partial charge >= 0.3 is 0 Å². The van der Waals surface area contributed by atoms with Crippen molar-refractivity contribution < 1.29 is 14.3 Å². The number of furan rings is 1. The molecule has 1 atom stereocenters. The minimum Gasteiger partial charge on any atom is -0.469 e. The summed E-state index contributed by atoms with van der Waals surface area (Å²) in [6.45, 7) is 1.99. The summed E-state index contributed by atoms with van der Waals surface area (Å²) in [5.41, 5.74) is 3.35. The number of rotatable bonds is 3. The number of amides is 1. The van der Waals surface area contributed by atoms with Gasteiger partial charge in [-0.05, 0) is 23.3 Å². The smallest absolute Gasteiger partial charge is 0.228 e. The Morgan fingerprint density at radius 1 is 1.42 bits per heavy atom. The van der Waals surface area contributed by atoms with Gasteiger partial charge in [0.15, 0.2) is 0 Å². The van der Waals surface area contributed by atoms with Crippen molar-refractivity contribution in [2.45, 2.75) is 25.9 Å². The van der Waals surface area contributed by atoms with Crippen LogP contribution in [0.15, 0.2) is 34.9 Å². The average Bonchev–Trinajstić information content (AvgIpc) is 3.01. The van der Waals surface area contributed by atoms with E-state index in [0.717, 1.165) is 34.6 Å². The average molecular weight is 257 g/mol. The SMILES string of the molecule is CCc1occc1C(O)c1ccc2c(c1)CC(=O)N2. The van der Waals surface area contributed by atoms with Gasteiger partial charge in [-0.1, -0.05) is 19.1 Å². The molecule has 0 radical (unpaired) electrons. The molecule has 2 heterocycles. The van der Waals surface area contributed by atoms with Gasteiger partial charge in [-0.2, -0.15) is 0 Å². The number of carbonyl (C=O) groups is 1. The monoisotopic (exact) mass is 257 g/mol. The number of nitrogens with one attached hydrogen (secondary N) is 1. The number of aliphatic hydroxyl groups excluding tert-OH is 1. The first kappa shape index (κ1) is 12.0. The largest absolute Gasteiger partial charge is 0.469 e. The van der Waals surface area contributed by atoms with E-state index in [1.165, 1.54) is 0 Å². The standard InChI is InChI=1S/C15H15NO3/c1-2-13-11(5-6-19-13)15(18)9-3-4-12-10(7-9)8-14(17)16-12/h3-7,15,18H,2,8H2,1H3,(H,16,17). The van der Waals surface area contributed by atoms with Crippen LogP contribution in [0.4, 0.5) is 5.69 Å². The normalized spacial score (nSPS) is 15.2. The van der Waals surface area contributed by atoms with E-state index in [1.807, 2.05) is 25.1 Å². The summed E-state index contributed by atoms with van der Waals surface area (Å²) in [5, 5.41) is 13.2. The number of aryl methyl sites for hydroxylation is 1. The molecule has 1 aromatic carbocycles. The van der Waals surface area contributed by atoms with Crippen LogP contribution in [-0.4, -0.2) is 11.0 Å². The van der Waals surface area contributed by atoms with Crippen LogP contribution in [0, 0.1) is 0 Å². The molecule has 4 nitrogen and oxygen atoms in total. The molecule has 1 aliphatic rings. The highest BCUT2D eigenvalue weighted by Gasteiger charge is 2.21. The van der Waals surface area contributed by atoms with Crippen LogP contribution in [0.3, 0.4) is 0 Å². The second kappa shape index (κ2) is 4.55. The van der Waals surface area contributed by atoms with Crippen molar-refractivity contribution in [3.8, 4) is 0 Å². The van der Waals surface area contributed by atoms with Gasteiger partial charge in [0, 0.05) is 17.7 Å². The highest BCUT2D eigenvalue weighted by molar-refractivity contribution is 5.99. The first-order valence-corrected chi connectivity index (χ1v) is 6.36. The lowest BCUT2D eigenvalue weighted by Crippen LogP contribution is -2.03. The van der Waals surface area contributed by atoms with E-state index >= 15 is 0 Å². The van der Waals surface area contributed by atoms with Crippen LogP contribution in [-0.2, 0) is 17.6 Å². The Labute approximate surface area is 111 Å². The van der Waals surface area contributed by atoms with E-state index in [0.29, 0.717) is 6.42 Å². The molecule has 1 amide bonds. The van der Waals surface area contributed by atoms with Gasteiger partial charge < -0.3 is 14.8 Å². The minimum absolute atomic E-state index is 0.000742. The third-order valence-corrected chi connectivity index (χ3v) is 3.47. The predicted octanol–water partition coefficient (Wildman–Crippen LogP) is 2.42. The maximum atomic E-state index is 11.3. The van der Waals surface area contributed by atoms with Crippen LogP contribution >= 0.6 is 0 Å². The molecule has 19 heavy (non-hydrogen) atoms. The Hall–Kier alpha value is -2.07. The lowest BCUT2D eigenvalue weighted by atomic mass is 9.98. The Morgan fingerprint density at radius 3 is 3.05 bits per heavy atom. The number of hydrogen-bond acceptors (Lipinski definition) is 3. The maximum Gasteiger partial charge on any atom is 0.228 e. The van der Waals surface area contributed by atoms with Crippen molar-refractivity contribution in [1.29, 1.82) is 0 Å². The van der Waals surface area contributed by atoms with Crippen LogP contribution in [0.5, 0.6) is 0 Å². The molecular weight excluding hydrogens is 242 g/mol. The molecule has 98 valence electrons. The molecular formula is C15H15NO3. The van der Waals surface area contributed by atoms with E-state index in [-0.39, 0.29) is 5.91 Å². The van der Waals surface area contributed by atoms with Crippen LogP contribution in [0.2, 0.25) is 0 Å². The lowest BCUT2D eigenvalue weighted by molar-refractivity contribution is -0.115. The third-order valence-electron chi connectivity index (χ3n) is 3.47.